The zero-order valence-electron chi connectivity index (χ0n) is 11.8. The first-order valence-corrected chi connectivity index (χ1v) is 6.32. The molecular weight excluding hydrogens is 263 g/mol. The average molecular weight is 282 g/mol. The number of hydrogen-bond acceptors (Lipinski definition) is 4. The normalized spacial score (nSPS) is 13.4. The first kappa shape index (κ1) is 15.9. The van der Waals surface area contributed by atoms with Crippen molar-refractivity contribution in [2.75, 3.05) is 12.8 Å². The van der Waals surface area contributed by atoms with Crippen LogP contribution >= 0.6 is 0 Å². The van der Waals surface area contributed by atoms with Gasteiger partial charge in [-0.1, -0.05) is 19.9 Å². The van der Waals surface area contributed by atoms with E-state index < -0.39 is 23.7 Å². The molecule has 0 saturated heterocycles. The van der Waals surface area contributed by atoms with Gasteiger partial charge in [-0.25, -0.2) is 9.18 Å². The van der Waals surface area contributed by atoms with Crippen LogP contribution in [0.1, 0.15) is 31.7 Å². The van der Waals surface area contributed by atoms with Crippen LogP contribution in [0.2, 0.25) is 0 Å². The van der Waals surface area contributed by atoms with Gasteiger partial charge in [-0.15, -0.1) is 0 Å². The Bertz CT molecular complexity index is 505. The van der Waals surface area contributed by atoms with Crippen molar-refractivity contribution in [1.82, 2.24) is 5.32 Å². The van der Waals surface area contributed by atoms with Gasteiger partial charge in [-0.05, 0) is 17.7 Å². The minimum Gasteiger partial charge on any atom is -0.467 e. The van der Waals surface area contributed by atoms with Gasteiger partial charge in [0.15, 0.2) is 0 Å². The van der Waals surface area contributed by atoms with Crippen LogP contribution in [0.15, 0.2) is 18.2 Å². The van der Waals surface area contributed by atoms with Crippen molar-refractivity contribution in [3.63, 3.8) is 0 Å². The molecule has 0 radical (unpaired) electrons. The summed E-state index contributed by atoms with van der Waals surface area (Å²) in [6.07, 6.45) is 0.246. The SMILES string of the molecule is CCC(=O)N[C@@H](C(=O)OC)C(C)c1ccc(N)c(F)c1. The second-order valence-electron chi connectivity index (χ2n) is 4.49. The molecule has 1 amide bonds. The number of carbonyl (C=O) groups excluding carboxylic acids is 2. The number of amides is 1. The monoisotopic (exact) mass is 282 g/mol. The Morgan fingerprint density at radius 2 is 2.10 bits per heavy atom. The highest BCUT2D eigenvalue weighted by Gasteiger charge is 2.28. The third-order valence-corrected chi connectivity index (χ3v) is 3.14. The van der Waals surface area contributed by atoms with Gasteiger partial charge in [-0.2, -0.15) is 0 Å². The maximum Gasteiger partial charge on any atom is 0.328 e. The molecule has 1 aromatic carbocycles. The van der Waals surface area contributed by atoms with Gasteiger partial charge in [0.25, 0.3) is 0 Å². The lowest BCUT2D eigenvalue weighted by atomic mass is 9.92. The van der Waals surface area contributed by atoms with Crippen LogP contribution in [0.3, 0.4) is 0 Å². The lowest BCUT2D eigenvalue weighted by Crippen LogP contribution is -2.44. The Labute approximate surface area is 117 Å². The zero-order valence-corrected chi connectivity index (χ0v) is 11.8. The van der Waals surface area contributed by atoms with E-state index in [4.69, 9.17) is 5.73 Å². The Morgan fingerprint density at radius 3 is 2.60 bits per heavy atom. The highest BCUT2D eigenvalue weighted by molar-refractivity contribution is 5.85. The van der Waals surface area contributed by atoms with Crippen molar-refractivity contribution in [1.29, 1.82) is 0 Å². The molecule has 5 nitrogen and oxygen atoms in total. The van der Waals surface area contributed by atoms with Crippen molar-refractivity contribution in [3.05, 3.63) is 29.6 Å². The number of methoxy groups -OCH3 is 1. The molecule has 3 N–H and O–H groups in total. The second kappa shape index (κ2) is 6.88. The number of nitrogens with one attached hydrogen (secondary N) is 1. The summed E-state index contributed by atoms with van der Waals surface area (Å²) < 4.78 is 18.2. The minimum atomic E-state index is -0.865. The van der Waals surface area contributed by atoms with Gasteiger partial charge in [0.1, 0.15) is 11.9 Å². The zero-order chi connectivity index (χ0) is 15.3. The van der Waals surface area contributed by atoms with Crippen LogP contribution in [-0.4, -0.2) is 25.0 Å². The van der Waals surface area contributed by atoms with Gasteiger partial charge in [0.2, 0.25) is 5.91 Å². The maximum atomic E-state index is 13.5. The molecule has 20 heavy (non-hydrogen) atoms. The molecule has 1 aromatic rings. The van der Waals surface area contributed by atoms with E-state index in [0.717, 1.165) is 0 Å². The van der Waals surface area contributed by atoms with E-state index in [2.05, 4.69) is 10.1 Å². The van der Waals surface area contributed by atoms with E-state index in [0.29, 0.717) is 5.56 Å². The molecule has 1 unspecified atom stereocenters. The Hall–Kier alpha value is -2.11. The largest absolute Gasteiger partial charge is 0.467 e. The molecule has 0 fully saturated rings. The molecule has 0 aromatic heterocycles. The molecule has 0 aliphatic carbocycles. The third kappa shape index (κ3) is 3.69. The number of halogens is 1. The molecule has 0 aliphatic heterocycles. The standard InChI is InChI=1S/C14H19FN2O3/c1-4-12(18)17-13(14(19)20-3)8(2)9-5-6-11(16)10(15)7-9/h5-8,13H,4,16H2,1-3H3,(H,17,18)/t8?,13-/m1/s1. The molecular formula is C14H19FN2O3. The quantitative estimate of drug-likeness (QED) is 0.634. The number of esters is 1. The van der Waals surface area contributed by atoms with Gasteiger partial charge in [0.05, 0.1) is 12.8 Å². The summed E-state index contributed by atoms with van der Waals surface area (Å²) in [5, 5.41) is 2.58. The van der Waals surface area contributed by atoms with E-state index in [-0.39, 0.29) is 18.0 Å². The van der Waals surface area contributed by atoms with Crippen LogP contribution < -0.4 is 11.1 Å². The summed E-state index contributed by atoms with van der Waals surface area (Å²) in [7, 11) is 1.24. The topological polar surface area (TPSA) is 81.4 Å². The average Bonchev–Trinajstić information content (AvgIpc) is 2.45. The smallest absolute Gasteiger partial charge is 0.328 e. The van der Waals surface area contributed by atoms with Crippen LogP contribution in [0.25, 0.3) is 0 Å². The molecule has 0 heterocycles. The van der Waals surface area contributed by atoms with E-state index in [1.165, 1.54) is 19.2 Å². The van der Waals surface area contributed by atoms with Gasteiger partial charge < -0.3 is 15.8 Å². The number of rotatable bonds is 5. The summed E-state index contributed by atoms with van der Waals surface area (Å²) in [6.45, 7) is 3.39. The van der Waals surface area contributed by atoms with Gasteiger partial charge in [0, 0.05) is 12.3 Å². The van der Waals surface area contributed by atoms with Crippen molar-refractivity contribution in [3.8, 4) is 0 Å². The number of nitrogen functional groups attached to an aromatic ring is 1. The number of anilines is 1. The van der Waals surface area contributed by atoms with Crippen molar-refractivity contribution in [2.45, 2.75) is 32.2 Å². The molecule has 2 atom stereocenters. The number of hydrogen-bond donors (Lipinski definition) is 2. The predicted molar refractivity (Wildman–Crippen MR) is 73.5 cm³/mol. The molecule has 0 bridgehead atoms. The Balaban J connectivity index is 3.02. The maximum absolute atomic E-state index is 13.5. The fourth-order valence-electron chi connectivity index (χ4n) is 1.81. The van der Waals surface area contributed by atoms with Crippen LogP contribution in [-0.2, 0) is 14.3 Å². The highest BCUT2D eigenvalue weighted by atomic mass is 19.1. The Morgan fingerprint density at radius 1 is 1.45 bits per heavy atom. The molecule has 6 heteroatoms. The Kier molecular flexibility index (Phi) is 5.49. The summed E-state index contributed by atoms with van der Waals surface area (Å²) >= 11 is 0. The van der Waals surface area contributed by atoms with E-state index in [1.54, 1.807) is 19.9 Å². The van der Waals surface area contributed by atoms with Crippen LogP contribution in [0.5, 0.6) is 0 Å². The number of nitrogens with two attached hydrogens (primary N) is 1. The third-order valence-electron chi connectivity index (χ3n) is 3.14. The van der Waals surface area contributed by atoms with Gasteiger partial charge >= 0.3 is 5.97 Å². The summed E-state index contributed by atoms with van der Waals surface area (Å²) in [5.74, 6) is -1.84. The predicted octanol–water partition coefficient (Wildman–Crippen LogP) is 1.58. The fraction of sp³-hybridized carbons (Fsp3) is 0.429. The van der Waals surface area contributed by atoms with E-state index in [9.17, 15) is 14.0 Å². The molecule has 110 valence electrons. The van der Waals surface area contributed by atoms with Crippen molar-refractivity contribution >= 4 is 17.6 Å². The summed E-state index contributed by atoms with van der Waals surface area (Å²) in [4.78, 5) is 23.3. The number of carbonyl (C=O) groups is 2. The number of benzene rings is 1. The summed E-state index contributed by atoms with van der Waals surface area (Å²) in [6, 6.07) is 3.44. The summed E-state index contributed by atoms with van der Waals surface area (Å²) in [5.41, 5.74) is 6.01. The first-order valence-electron chi connectivity index (χ1n) is 6.32. The number of ether oxygens (including phenoxy) is 1. The van der Waals surface area contributed by atoms with Gasteiger partial charge in [-0.3, -0.25) is 4.79 Å². The van der Waals surface area contributed by atoms with Crippen LogP contribution in [0, 0.1) is 5.82 Å². The lowest BCUT2D eigenvalue weighted by Gasteiger charge is -2.23. The molecule has 0 saturated carbocycles. The van der Waals surface area contributed by atoms with E-state index >= 15 is 0 Å². The molecule has 0 spiro atoms. The minimum absolute atomic E-state index is 0.0353. The molecule has 0 aliphatic rings. The molecule has 1 rings (SSSR count). The van der Waals surface area contributed by atoms with Crippen LogP contribution in [0.4, 0.5) is 10.1 Å². The lowest BCUT2D eigenvalue weighted by molar-refractivity contribution is -0.145. The highest BCUT2D eigenvalue weighted by Crippen LogP contribution is 2.23. The second-order valence-corrected chi connectivity index (χ2v) is 4.49. The van der Waals surface area contributed by atoms with E-state index in [1.807, 2.05) is 0 Å². The van der Waals surface area contributed by atoms with Crippen molar-refractivity contribution < 1.29 is 18.7 Å². The van der Waals surface area contributed by atoms with Crippen molar-refractivity contribution in [2.24, 2.45) is 0 Å². The first-order chi connectivity index (χ1) is 9.40. The fourth-order valence-corrected chi connectivity index (χ4v) is 1.81.